The SMILES string of the molecule is CNC1(C)CC(C)(I)CCC(C)(I)CC1C. The summed E-state index contributed by atoms with van der Waals surface area (Å²) in [5.74, 6) is 0.730. The molecule has 0 aliphatic heterocycles. The summed E-state index contributed by atoms with van der Waals surface area (Å²) >= 11 is 5.33. The highest BCUT2D eigenvalue weighted by Crippen LogP contribution is 2.46. The van der Waals surface area contributed by atoms with Crippen LogP contribution in [0.25, 0.3) is 0 Å². The van der Waals surface area contributed by atoms with Crippen LogP contribution < -0.4 is 5.32 Å². The van der Waals surface area contributed by atoms with Crippen LogP contribution in [0, 0.1) is 5.92 Å². The quantitative estimate of drug-likeness (QED) is 0.458. The van der Waals surface area contributed by atoms with Crippen molar-refractivity contribution >= 4 is 45.2 Å². The predicted octanol–water partition coefficient (Wildman–Crippen LogP) is 4.56. The number of rotatable bonds is 1. The lowest BCUT2D eigenvalue weighted by molar-refractivity contribution is 0.182. The normalized spacial score (nSPS) is 50.8. The van der Waals surface area contributed by atoms with E-state index in [-0.39, 0.29) is 5.54 Å². The molecular weight excluding hydrogens is 424 g/mol. The number of hydrogen-bond acceptors (Lipinski definition) is 1. The average Bonchev–Trinajstić information content (AvgIpc) is 2.13. The van der Waals surface area contributed by atoms with Crippen LogP contribution in [-0.2, 0) is 0 Å². The molecule has 0 aromatic carbocycles. The summed E-state index contributed by atoms with van der Waals surface area (Å²) in [5, 5.41) is 3.58. The first-order chi connectivity index (χ1) is 7.10. The van der Waals surface area contributed by atoms with E-state index >= 15 is 0 Å². The van der Waals surface area contributed by atoms with Crippen LogP contribution in [0.15, 0.2) is 0 Å². The molecule has 1 saturated carbocycles. The Morgan fingerprint density at radius 3 is 2.06 bits per heavy atom. The minimum Gasteiger partial charge on any atom is -0.314 e. The molecule has 4 atom stereocenters. The van der Waals surface area contributed by atoms with Crippen molar-refractivity contribution in [3.05, 3.63) is 0 Å². The molecule has 0 saturated heterocycles. The van der Waals surface area contributed by atoms with Gasteiger partial charge in [0.25, 0.3) is 0 Å². The average molecular weight is 449 g/mol. The van der Waals surface area contributed by atoms with Crippen molar-refractivity contribution in [2.45, 2.75) is 65.8 Å². The summed E-state index contributed by atoms with van der Waals surface area (Å²) in [4.78, 5) is 0. The number of halogens is 2. The van der Waals surface area contributed by atoms with Gasteiger partial charge in [0.2, 0.25) is 0 Å². The summed E-state index contributed by atoms with van der Waals surface area (Å²) in [7, 11) is 2.12. The molecule has 16 heavy (non-hydrogen) atoms. The van der Waals surface area contributed by atoms with Crippen molar-refractivity contribution in [3.8, 4) is 0 Å². The Morgan fingerprint density at radius 1 is 1.06 bits per heavy atom. The van der Waals surface area contributed by atoms with Crippen molar-refractivity contribution in [2.75, 3.05) is 7.05 Å². The van der Waals surface area contributed by atoms with Gasteiger partial charge in [0.05, 0.1) is 0 Å². The molecule has 0 aromatic rings. The Hall–Kier alpha value is 1.42. The molecule has 1 fully saturated rings. The highest BCUT2D eigenvalue weighted by molar-refractivity contribution is 14.1. The molecule has 1 aliphatic rings. The van der Waals surface area contributed by atoms with E-state index in [4.69, 9.17) is 0 Å². The Balaban J connectivity index is 2.95. The van der Waals surface area contributed by atoms with Crippen molar-refractivity contribution in [1.82, 2.24) is 5.32 Å². The topological polar surface area (TPSA) is 12.0 Å². The monoisotopic (exact) mass is 449 g/mol. The van der Waals surface area contributed by atoms with Gasteiger partial charge in [0.1, 0.15) is 0 Å². The van der Waals surface area contributed by atoms with Crippen molar-refractivity contribution in [2.24, 2.45) is 5.92 Å². The van der Waals surface area contributed by atoms with Crippen molar-refractivity contribution in [3.63, 3.8) is 0 Å². The maximum absolute atomic E-state index is 3.58. The molecule has 0 aromatic heterocycles. The second-order valence-electron chi connectivity index (χ2n) is 6.28. The molecular formula is C13H25I2N. The van der Waals surface area contributed by atoms with E-state index in [0.29, 0.717) is 6.84 Å². The smallest absolute Gasteiger partial charge is 0.0212 e. The van der Waals surface area contributed by atoms with Crippen LogP contribution in [0.5, 0.6) is 0 Å². The fourth-order valence-electron chi connectivity index (χ4n) is 2.85. The van der Waals surface area contributed by atoms with Gasteiger partial charge in [-0.2, -0.15) is 0 Å². The second kappa shape index (κ2) is 5.19. The van der Waals surface area contributed by atoms with Crippen LogP contribution in [-0.4, -0.2) is 19.4 Å². The third-order valence-corrected chi connectivity index (χ3v) is 6.19. The minimum absolute atomic E-state index is 0.281. The predicted molar refractivity (Wildman–Crippen MR) is 89.9 cm³/mol. The standard InChI is InChI=1S/C13H25I2N/c1-10-8-11(2,14)6-7-12(3,15)9-13(10,4)16-5/h10,16H,6-9H2,1-5H3. The lowest BCUT2D eigenvalue weighted by Crippen LogP contribution is -2.52. The molecule has 0 radical (unpaired) electrons. The zero-order valence-electron chi connectivity index (χ0n) is 11.2. The Bertz CT molecular complexity index is 250. The zero-order valence-corrected chi connectivity index (χ0v) is 15.5. The van der Waals surface area contributed by atoms with Gasteiger partial charge in [-0.25, -0.2) is 0 Å². The molecule has 0 amide bonds. The lowest BCUT2D eigenvalue weighted by atomic mass is 9.71. The fourth-order valence-corrected chi connectivity index (χ4v) is 4.84. The molecule has 0 heterocycles. The molecule has 3 heteroatoms. The highest BCUT2D eigenvalue weighted by Gasteiger charge is 2.42. The van der Waals surface area contributed by atoms with Gasteiger partial charge in [-0.15, -0.1) is 0 Å². The molecule has 1 N–H and O–H groups in total. The first kappa shape index (κ1) is 15.5. The molecule has 1 aliphatic carbocycles. The molecule has 1 nitrogen and oxygen atoms in total. The third-order valence-electron chi connectivity index (χ3n) is 4.29. The van der Waals surface area contributed by atoms with Gasteiger partial charge in [-0.05, 0) is 45.6 Å². The summed E-state index contributed by atoms with van der Waals surface area (Å²) < 4.78 is 0.888. The molecule has 1 rings (SSSR count). The van der Waals surface area contributed by atoms with E-state index in [1.54, 1.807) is 0 Å². The van der Waals surface area contributed by atoms with Crippen LogP contribution in [0.4, 0.5) is 0 Å². The van der Waals surface area contributed by atoms with E-state index in [2.05, 4.69) is 85.2 Å². The molecule has 0 spiro atoms. The number of nitrogens with one attached hydrogen (secondary N) is 1. The zero-order chi connectivity index (χ0) is 12.6. The van der Waals surface area contributed by atoms with Crippen molar-refractivity contribution in [1.29, 1.82) is 0 Å². The van der Waals surface area contributed by atoms with E-state index in [0.717, 1.165) is 5.92 Å². The van der Waals surface area contributed by atoms with Crippen LogP contribution >= 0.6 is 45.2 Å². The van der Waals surface area contributed by atoms with Gasteiger partial charge >= 0.3 is 0 Å². The van der Waals surface area contributed by atoms with Crippen LogP contribution in [0.1, 0.15) is 53.4 Å². The summed E-state index contributed by atoms with van der Waals surface area (Å²) in [6.45, 7) is 9.63. The van der Waals surface area contributed by atoms with Crippen LogP contribution in [0.2, 0.25) is 0 Å². The van der Waals surface area contributed by atoms with E-state index in [1.807, 2.05) is 0 Å². The summed E-state index contributed by atoms with van der Waals surface area (Å²) in [6.07, 6.45) is 5.26. The van der Waals surface area contributed by atoms with E-state index in [1.165, 1.54) is 25.7 Å². The lowest BCUT2D eigenvalue weighted by Gasteiger charge is -2.46. The Kier molecular flexibility index (Phi) is 5.02. The minimum atomic E-state index is 0.281. The van der Waals surface area contributed by atoms with Gasteiger partial charge in [0.15, 0.2) is 0 Å². The maximum atomic E-state index is 3.58. The third kappa shape index (κ3) is 3.97. The Labute approximate surface area is 128 Å². The number of alkyl halides is 2. The summed E-state index contributed by atoms with van der Waals surface area (Å²) in [6, 6.07) is 0. The van der Waals surface area contributed by atoms with Crippen molar-refractivity contribution < 1.29 is 0 Å². The molecule has 0 bridgehead atoms. The van der Waals surface area contributed by atoms with Gasteiger partial charge < -0.3 is 5.32 Å². The summed E-state index contributed by atoms with van der Waals surface area (Å²) in [5.41, 5.74) is 0.281. The number of hydrogen-bond donors (Lipinski definition) is 1. The van der Waals surface area contributed by atoms with Gasteiger partial charge in [-0.3, -0.25) is 0 Å². The molecule has 96 valence electrons. The first-order valence-corrected chi connectivity index (χ1v) is 8.33. The van der Waals surface area contributed by atoms with Gasteiger partial charge in [-0.1, -0.05) is 66.0 Å². The van der Waals surface area contributed by atoms with E-state index in [9.17, 15) is 0 Å². The van der Waals surface area contributed by atoms with Crippen LogP contribution in [0.3, 0.4) is 0 Å². The fraction of sp³-hybridized carbons (Fsp3) is 1.00. The van der Waals surface area contributed by atoms with E-state index < -0.39 is 0 Å². The second-order valence-corrected chi connectivity index (χ2v) is 11.5. The van der Waals surface area contributed by atoms with Gasteiger partial charge in [0, 0.05) is 12.4 Å². The Morgan fingerprint density at radius 2 is 1.56 bits per heavy atom. The highest BCUT2D eigenvalue weighted by atomic mass is 127. The maximum Gasteiger partial charge on any atom is 0.0212 e. The molecule has 4 unspecified atom stereocenters. The largest absolute Gasteiger partial charge is 0.314 e. The first-order valence-electron chi connectivity index (χ1n) is 6.17.